The number of esters is 1. The lowest BCUT2D eigenvalue weighted by Gasteiger charge is -2.43. The number of benzene rings is 2. The van der Waals surface area contributed by atoms with Crippen molar-refractivity contribution in [3.05, 3.63) is 35.9 Å². The SMILES string of the molecule is CC(=O)OCC1OC(Oc2cc3c(c4ccccc24)[C@H](CCl)CN3C(=O)OC(C)(C)C)C(C)C(C)C1C. The molecule has 5 unspecified atom stereocenters. The molecule has 1 saturated heterocycles. The Balaban J connectivity index is 1.73. The van der Waals surface area contributed by atoms with E-state index < -0.39 is 18.0 Å². The Morgan fingerprint density at radius 2 is 1.76 bits per heavy atom. The van der Waals surface area contributed by atoms with Crippen molar-refractivity contribution in [2.45, 2.75) is 72.4 Å². The van der Waals surface area contributed by atoms with Crippen molar-refractivity contribution in [2.24, 2.45) is 17.8 Å². The second-order valence-corrected chi connectivity index (χ2v) is 11.6. The number of rotatable bonds is 5. The number of ether oxygens (including phenoxy) is 4. The molecule has 0 aliphatic carbocycles. The van der Waals surface area contributed by atoms with Gasteiger partial charge in [-0.3, -0.25) is 9.69 Å². The third-order valence-electron chi connectivity index (χ3n) is 7.61. The number of anilines is 1. The molecule has 202 valence electrons. The van der Waals surface area contributed by atoms with Gasteiger partial charge in [0.05, 0.1) is 11.8 Å². The first-order chi connectivity index (χ1) is 17.4. The van der Waals surface area contributed by atoms with Crippen LogP contribution in [0.1, 0.15) is 59.9 Å². The van der Waals surface area contributed by atoms with Gasteiger partial charge < -0.3 is 18.9 Å². The van der Waals surface area contributed by atoms with Gasteiger partial charge in [-0.15, -0.1) is 11.6 Å². The molecule has 7 nitrogen and oxygen atoms in total. The Morgan fingerprint density at radius 1 is 1.08 bits per heavy atom. The van der Waals surface area contributed by atoms with Gasteiger partial charge in [0.15, 0.2) is 0 Å². The lowest BCUT2D eigenvalue weighted by atomic mass is 9.79. The predicted octanol–water partition coefficient (Wildman–Crippen LogP) is 6.49. The van der Waals surface area contributed by atoms with Gasteiger partial charge in [-0.1, -0.05) is 45.0 Å². The van der Waals surface area contributed by atoms with Crippen LogP contribution in [-0.2, 0) is 19.0 Å². The minimum Gasteiger partial charge on any atom is -0.464 e. The van der Waals surface area contributed by atoms with Gasteiger partial charge >= 0.3 is 12.1 Å². The summed E-state index contributed by atoms with van der Waals surface area (Å²) >= 11 is 6.39. The minimum absolute atomic E-state index is 0.0260. The Morgan fingerprint density at radius 3 is 2.38 bits per heavy atom. The normalized spacial score (nSPS) is 27.6. The third-order valence-corrected chi connectivity index (χ3v) is 7.98. The maximum Gasteiger partial charge on any atom is 0.414 e. The van der Waals surface area contributed by atoms with Gasteiger partial charge in [-0.2, -0.15) is 0 Å². The zero-order valence-corrected chi connectivity index (χ0v) is 23.5. The first kappa shape index (κ1) is 27.5. The molecule has 2 heterocycles. The van der Waals surface area contributed by atoms with Crippen molar-refractivity contribution in [1.82, 2.24) is 0 Å². The Labute approximate surface area is 224 Å². The van der Waals surface area contributed by atoms with Gasteiger partial charge in [-0.25, -0.2) is 4.79 Å². The van der Waals surface area contributed by atoms with Crippen LogP contribution in [0.5, 0.6) is 5.75 Å². The lowest BCUT2D eigenvalue weighted by molar-refractivity contribution is -0.223. The van der Waals surface area contributed by atoms with Crippen molar-refractivity contribution in [2.75, 3.05) is 23.9 Å². The summed E-state index contributed by atoms with van der Waals surface area (Å²) in [7, 11) is 0. The molecule has 0 bridgehead atoms. The second-order valence-electron chi connectivity index (χ2n) is 11.3. The summed E-state index contributed by atoms with van der Waals surface area (Å²) in [6.45, 7) is 14.0. The van der Waals surface area contributed by atoms with E-state index in [4.69, 9.17) is 30.5 Å². The number of carbonyl (C=O) groups excluding carboxylic acids is 2. The summed E-state index contributed by atoms with van der Waals surface area (Å²) < 4.78 is 23.9. The fourth-order valence-electron chi connectivity index (χ4n) is 5.26. The first-order valence-corrected chi connectivity index (χ1v) is 13.5. The fraction of sp³-hybridized carbons (Fsp3) is 0.586. The molecule has 0 aromatic heterocycles. The van der Waals surface area contributed by atoms with Crippen molar-refractivity contribution >= 4 is 40.1 Å². The molecule has 0 saturated carbocycles. The smallest absolute Gasteiger partial charge is 0.414 e. The molecule has 1 amide bonds. The van der Waals surface area contributed by atoms with Crippen LogP contribution in [0, 0.1) is 17.8 Å². The summed E-state index contributed by atoms with van der Waals surface area (Å²) in [6.07, 6.45) is -1.23. The van der Waals surface area contributed by atoms with Crippen molar-refractivity contribution in [3.8, 4) is 5.75 Å². The molecule has 8 heteroatoms. The van der Waals surface area contributed by atoms with Crippen LogP contribution in [0.15, 0.2) is 30.3 Å². The quantitative estimate of drug-likeness (QED) is 0.324. The summed E-state index contributed by atoms with van der Waals surface area (Å²) in [5.74, 6) is 1.21. The molecule has 1 fully saturated rings. The maximum atomic E-state index is 13.2. The number of alkyl halides is 1. The van der Waals surface area contributed by atoms with E-state index in [1.165, 1.54) is 6.92 Å². The zero-order chi connectivity index (χ0) is 27.1. The van der Waals surface area contributed by atoms with Gasteiger partial charge in [-0.05, 0) is 43.6 Å². The van der Waals surface area contributed by atoms with E-state index in [-0.39, 0.29) is 42.4 Å². The number of hydrogen-bond donors (Lipinski definition) is 0. The van der Waals surface area contributed by atoms with Crippen LogP contribution in [0.2, 0.25) is 0 Å². The molecule has 2 aliphatic heterocycles. The van der Waals surface area contributed by atoms with E-state index in [1.807, 2.05) is 51.1 Å². The maximum absolute atomic E-state index is 13.2. The van der Waals surface area contributed by atoms with Crippen molar-refractivity contribution < 1.29 is 28.5 Å². The Hall–Kier alpha value is -2.51. The number of amides is 1. The molecule has 0 spiro atoms. The molecule has 0 radical (unpaired) electrons. The standard InChI is InChI=1S/C29H38ClNO6/c1-16-17(2)25(15-34-19(4)32)36-27(18(16)3)35-24-12-23-26(22-11-9-8-10-21(22)24)20(13-30)14-31(23)28(33)37-29(5,6)7/h8-12,16-18,20,25,27H,13-15H2,1-7H3/t16?,17?,18?,20-,25?,27?/m1/s1. The molecule has 4 rings (SSSR count). The lowest BCUT2D eigenvalue weighted by Crippen LogP contribution is -2.49. The third kappa shape index (κ3) is 5.68. The molecule has 2 aromatic carbocycles. The Kier molecular flexibility index (Phi) is 7.96. The van der Waals surface area contributed by atoms with Gasteiger partial charge in [0.1, 0.15) is 18.0 Å². The highest BCUT2D eigenvalue weighted by molar-refractivity contribution is 6.19. The topological polar surface area (TPSA) is 74.3 Å². The molecule has 2 aliphatic rings. The molecule has 2 aromatic rings. The number of fused-ring (bicyclic) bond motifs is 3. The van der Waals surface area contributed by atoms with E-state index in [9.17, 15) is 9.59 Å². The van der Waals surface area contributed by atoms with E-state index in [1.54, 1.807) is 4.90 Å². The van der Waals surface area contributed by atoms with E-state index >= 15 is 0 Å². The van der Waals surface area contributed by atoms with Gasteiger partial charge in [0.25, 0.3) is 0 Å². The van der Waals surface area contributed by atoms with Crippen LogP contribution in [0.4, 0.5) is 10.5 Å². The summed E-state index contributed by atoms with van der Waals surface area (Å²) in [4.78, 5) is 26.3. The molecule has 0 N–H and O–H groups in total. The number of nitrogens with zero attached hydrogens (tertiary/aromatic N) is 1. The summed E-state index contributed by atoms with van der Waals surface area (Å²) in [6, 6.07) is 9.92. The van der Waals surface area contributed by atoms with E-state index in [0.717, 1.165) is 22.0 Å². The van der Waals surface area contributed by atoms with E-state index in [0.29, 0.717) is 18.2 Å². The second kappa shape index (κ2) is 10.7. The van der Waals surface area contributed by atoms with Crippen LogP contribution in [0.25, 0.3) is 10.8 Å². The zero-order valence-electron chi connectivity index (χ0n) is 22.7. The Bertz CT molecular complexity index is 1160. The van der Waals surface area contributed by atoms with Crippen molar-refractivity contribution in [3.63, 3.8) is 0 Å². The van der Waals surface area contributed by atoms with Crippen LogP contribution < -0.4 is 9.64 Å². The first-order valence-electron chi connectivity index (χ1n) is 13.0. The monoisotopic (exact) mass is 531 g/mol. The molecular weight excluding hydrogens is 494 g/mol. The minimum atomic E-state index is -0.623. The largest absolute Gasteiger partial charge is 0.464 e. The molecular formula is C29H38ClNO6. The number of carbonyl (C=O) groups is 2. The summed E-state index contributed by atoms with van der Waals surface area (Å²) in [5.41, 5.74) is 1.15. The predicted molar refractivity (Wildman–Crippen MR) is 144 cm³/mol. The highest BCUT2D eigenvalue weighted by Crippen LogP contribution is 2.47. The van der Waals surface area contributed by atoms with Gasteiger partial charge in [0.2, 0.25) is 6.29 Å². The highest BCUT2D eigenvalue weighted by Gasteiger charge is 2.42. The van der Waals surface area contributed by atoms with Crippen LogP contribution >= 0.6 is 11.6 Å². The molecule has 6 atom stereocenters. The van der Waals surface area contributed by atoms with Crippen LogP contribution in [0.3, 0.4) is 0 Å². The number of hydrogen-bond acceptors (Lipinski definition) is 6. The average Bonchev–Trinajstić information content (AvgIpc) is 3.21. The average molecular weight is 532 g/mol. The summed E-state index contributed by atoms with van der Waals surface area (Å²) in [5, 5.41) is 1.93. The fourth-order valence-corrected chi connectivity index (χ4v) is 5.51. The molecule has 37 heavy (non-hydrogen) atoms. The van der Waals surface area contributed by atoms with E-state index in [2.05, 4.69) is 20.8 Å². The van der Waals surface area contributed by atoms with Crippen LogP contribution in [-0.4, -0.2) is 49.1 Å². The highest BCUT2D eigenvalue weighted by atomic mass is 35.5. The van der Waals surface area contributed by atoms with Gasteiger partial charge in [0, 0.05) is 42.6 Å². The van der Waals surface area contributed by atoms with Crippen molar-refractivity contribution in [1.29, 1.82) is 0 Å². The number of halogens is 1.